The van der Waals surface area contributed by atoms with Crippen LogP contribution in [0.25, 0.3) is 10.8 Å². The fourth-order valence-electron chi connectivity index (χ4n) is 4.35. The van der Waals surface area contributed by atoms with Crippen molar-refractivity contribution in [3.63, 3.8) is 0 Å². The van der Waals surface area contributed by atoms with Crippen LogP contribution in [-0.4, -0.2) is 50.7 Å². The standard InChI is InChI=1S/C23H21N5O4/c1-23(16-7-6-14-4-2-3-5-15(14)10-16)21(31)28(22(32)26-23)12-19(29)27-9-8-17-18(11-27)24-13-25-20(17)30/h2-7,10,13H,8-9,11-12H2,1H3,(H,26,32)(H,24,25,30). The number of rotatable bonds is 3. The zero-order valence-corrected chi connectivity index (χ0v) is 17.4. The maximum atomic E-state index is 13.2. The van der Waals surface area contributed by atoms with Gasteiger partial charge in [-0.1, -0.05) is 36.4 Å². The highest BCUT2D eigenvalue weighted by Gasteiger charge is 2.49. The molecular weight excluding hydrogens is 410 g/mol. The van der Waals surface area contributed by atoms with Crippen LogP contribution in [0.3, 0.4) is 0 Å². The first-order chi connectivity index (χ1) is 15.4. The molecule has 0 aliphatic carbocycles. The van der Waals surface area contributed by atoms with Crippen molar-refractivity contribution >= 4 is 28.6 Å². The van der Waals surface area contributed by atoms with Crippen molar-refractivity contribution in [3.05, 3.63) is 76.0 Å². The van der Waals surface area contributed by atoms with Crippen molar-refractivity contribution in [2.45, 2.75) is 25.4 Å². The van der Waals surface area contributed by atoms with Crippen molar-refractivity contribution < 1.29 is 14.4 Å². The summed E-state index contributed by atoms with van der Waals surface area (Å²) in [5.74, 6) is -0.845. The molecule has 4 amide bonds. The number of nitrogens with one attached hydrogen (secondary N) is 2. The van der Waals surface area contributed by atoms with Crippen LogP contribution in [0, 0.1) is 0 Å². The van der Waals surface area contributed by atoms with E-state index in [-0.39, 0.29) is 24.6 Å². The van der Waals surface area contributed by atoms with Crippen LogP contribution in [0.4, 0.5) is 4.79 Å². The Bertz CT molecular complexity index is 1330. The predicted octanol–water partition coefficient (Wildman–Crippen LogP) is 1.27. The molecule has 5 rings (SSSR count). The summed E-state index contributed by atoms with van der Waals surface area (Å²) in [5, 5.41) is 4.74. The minimum Gasteiger partial charge on any atom is -0.335 e. The maximum absolute atomic E-state index is 13.2. The van der Waals surface area contributed by atoms with Crippen LogP contribution in [0.5, 0.6) is 0 Å². The van der Waals surface area contributed by atoms with Gasteiger partial charge in [-0.15, -0.1) is 0 Å². The van der Waals surface area contributed by atoms with Gasteiger partial charge in [-0.2, -0.15) is 0 Å². The molecule has 1 aromatic heterocycles. The molecule has 0 radical (unpaired) electrons. The number of aromatic nitrogens is 2. The first-order valence-electron chi connectivity index (χ1n) is 10.3. The Kier molecular flexibility index (Phi) is 4.54. The second kappa shape index (κ2) is 7.30. The zero-order valence-electron chi connectivity index (χ0n) is 17.4. The molecule has 32 heavy (non-hydrogen) atoms. The SMILES string of the molecule is CC1(c2ccc3ccccc3c2)NC(=O)N(CC(=O)N2CCc3c(nc[nH]c3=O)C2)C1=O. The number of aromatic amines is 1. The Hall–Kier alpha value is -4.01. The molecule has 0 bridgehead atoms. The van der Waals surface area contributed by atoms with Gasteiger partial charge in [0.05, 0.1) is 18.6 Å². The summed E-state index contributed by atoms with van der Waals surface area (Å²) < 4.78 is 0. The second-order valence-electron chi connectivity index (χ2n) is 8.23. The lowest BCUT2D eigenvalue weighted by Gasteiger charge is -2.28. The molecular formula is C23H21N5O4. The number of urea groups is 1. The number of fused-ring (bicyclic) bond motifs is 2. The van der Waals surface area contributed by atoms with Gasteiger partial charge in [-0.25, -0.2) is 9.78 Å². The summed E-state index contributed by atoms with van der Waals surface area (Å²) in [6.45, 7) is 1.78. The highest BCUT2D eigenvalue weighted by molar-refractivity contribution is 6.09. The van der Waals surface area contributed by atoms with Gasteiger partial charge in [0.2, 0.25) is 5.91 Å². The van der Waals surface area contributed by atoms with Gasteiger partial charge in [-0.3, -0.25) is 19.3 Å². The zero-order chi connectivity index (χ0) is 22.5. The first kappa shape index (κ1) is 19.9. The van der Waals surface area contributed by atoms with E-state index in [0.29, 0.717) is 29.8 Å². The number of hydrogen-bond acceptors (Lipinski definition) is 5. The molecule has 9 nitrogen and oxygen atoms in total. The van der Waals surface area contributed by atoms with Crippen LogP contribution >= 0.6 is 0 Å². The number of carbonyl (C=O) groups is 3. The van der Waals surface area contributed by atoms with E-state index < -0.39 is 17.5 Å². The van der Waals surface area contributed by atoms with E-state index in [4.69, 9.17) is 0 Å². The summed E-state index contributed by atoms with van der Waals surface area (Å²) in [7, 11) is 0. The molecule has 3 aromatic rings. The lowest BCUT2D eigenvalue weighted by Crippen LogP contribution is -2.46. The topological polar surface area (TPSA) is 115 Å². The normalized spacial score (nSPS) is 20.4. The molecule has 0 spiro atoms. The number of H-pyrrole nitrogens is 1. The third-order valence-electron chi connectivity index (χ3n) is 6.26. The third-order valence-corrected chi connectivity index (χ3v) is 6.26. The second-order valence-corrected chi connectivity index (χ2v) is 8.23. The lowest BCUT2D eigenvalue weighted by molar-refractivity contribution is -0.139. The number of nitrogens with zero attached hydrogens (tertiary/aromatic N) is 3. The van der Waals surface area contributed by atoms with Gasteiger partial charge in [0.15, 0.2) is 0 Å². The van der Waals surface area contributed by atoms with Crippen molar-refractivity contribution in [1.82, 2.24) is 25.1 Å². The van der Waals surface area contributed by atoms with Crippen LogP contribution in [-0.2, 0) is 28.1 Å². The fraction of sp³-hybridized carbons (Fsp3) is 0.261. The van der Waals surface area contributed by atoms with Gasteiger partial charge >= 0.3 is 6.03 Å². The van der Waals surface area contributed by atoms with Crippen LogP contribution < -0.4 is 10.9 Å². The first-order valence-corrected chi connectivity index (χ1v) is 10.3. The predicted molar refractivity (Wildman–Crippen MR) is 116 cm³/mol. The molecule has 1 saturated heterocycles. The Balaban J connectivity index is 1.36. The van der Waals surface area contributed by atoms with Crippen LogP contribution in [0.2, 0.25) is 0 Å². The lowest BCUT2D eigenvalue weighted by atomic mass is 9.90. The van der Waals surface area contributed by atoms with Crippen LogP contribution in [0.15, 0.2) is 53.6 Å². The highest BCUT2D eigenvalue weighted by Crippen LogP contribution is 2.31. The summed E-state index contributed by atoms with van der Waals surface area (Å²) in [4.78, 5) is 59.9. The molecule has 162 valence electrons. The van der Waals surface area contributed by atoms with Crippen molar-refractivity contribution in [2.75, 3.05) is 13.1 Å². The molecule has 2 N–H and O–H groups in total. The Morgan fingerprint density at radius 1 is 1.12 bits per heavy atom. The molecule has 1 unspecified atom stereocenters. The van der Waals surface area contributed by atoms with E-state index in [9.17, 15) is 19.2 Å². The molecule has 0 saturated carbocycles. The number of carbonyl (C=O) groups excluding carboxylic acids is 3. The smallest absolute Gasteiger partial charge is 0.325 e. The summed E-state index contributed by atoms with van der Waals surface area (Å²) >= 11 is 0. The molecule has 1 fully saturated rings. The number of benzene rings is 2. The Labute approximate surface area is 183 Å². The van der Waals surface area contributed by atoms with Crippen molar-refractivity contribution in [3.8, 4) is 0 Å². The minimum absolute atomic E-state index is 0.170. The average molecular weight is 431 g/mol. The molecule has 2 aliphatic rings. The molecule has 3 heterocycles. The van der Waals surface area contributed by atoms with Gasteiger partial charge in [0.1, 0.15) is 12.1 Å². The molecule has 2 aromatic carbocycles. The quantitative estimate of drug-likeness (QED) is 0.606. The summed E-state index contributed by atoms with van der Waals surface area (Å²) in [6, 6.07) is 12.8. The van der Waals surface area contributed by atoms with E-state index in [2.05, 4.69) is 15.3 Å². The van der Waals surface area contributed by atoms with Gasteiger partial charge in [0.25, 0.3) is 11.5 Å². The summed E-state index contributed by atoms with van der Waals surface area (Å²) in [6.07, 6.45) is 1.68. The Morgan fingerprint density at radius 3 is 2.72 bits per heavy atom. The van der Waals surface area contributed by atoms with E-state index in [1.54, 1.807) is 6.92 Å². The number of imide groups is 1. The number of amides is 4. The molecule has 1 atom stereocenters. The molecule has 9 heteroatoms. The maximum Gasteiger partial charge on any atom is 0.325 e. The minimum atomic E-state index is -1.26. The van der Waals surface area contributed by atoms with Gasteiger partial charge in [-0.05, 0) is 35.7 Å². The van der Waals surface area contributed by atoms with E-state index in [0.717, 1.165) is 15.7 Å². The largest absolute Gasteiger partial charge is 0.335 e. The van der Waals surface area contributed by atoms with Crippen LogP contribution in [0.1, 0.15) is 23.7 Å². The van der Waals surface area contributed by atoms with Gasteiger partial charge < -0.3 is 15.2 Å². The highest BCUT2D eigenvalue weighted by atomic mass is 16.2. The summed E-state index contributed by atoms with van der Waals surface area (Å²) in [5.41, 5.74) is 0.286. The average Bonchev–Trinajstić information content (AvgIpc) is 3.02. The van der Waals surface area contributed by atoms with Crippen molar-refractivity contribution in [1.29, 1.82) is 0 Å². The third kappa shape index (κ3) is 3.13. The molecule has 2 aliphatic heterocycles. The number of hydrogen-bond donors (Lipinski definition) is 2. The van der Waals surface area contributed by atoms with E-state index in [1.807, 2.05) is 42.5 Å². The monoisotopic (exact) mass is 431 g/mol. The van der Waals surface area contributed by atoms with Gasteiger partial charge in [0, 0.05) is 12.1 Å². The fourth-order valence-corrected chi connectivity index (χ4v) is 4.35. The van der Waals surface area contributed by atoms with Crippen molar-refractivity contribution in [2.24, 2.45) is 0 Å². The van der Waals surface area contributed by atoms with E-state index in [1.165, 1.54) is 11.2 Å². The Morgan fingerprint density at radius 2 is 1.91 bits per heavy atom. The van der Waals surface area contributed by atoms with E-state index >= 15 is 0 Å².